The normalized spacial score (nSPS) is 10.4. The van der Waals surface area contributed by atoms with Crippen LogP contribution >= 0.6 is 15.9 Å². The SMILES string of the molecule is CCOc1cc(Br)c(CNn2nnnc2N)cc1OCC. The predicted molar refractivity (Wildman–Crippen MR) is 81.8 cm³/mol. The van der Waals surface area contributed by atoms with Gasteiger partial charge in [-0.3, -0.25) is 0 Å². The van der Waals surface area contributed by atoms with Gasteiger partial charge in [-0.25, -0.2) is 0 Å². The van der Waals surface area contributed by atoms with Crippen LogP contribution in [0.5, 0.6) is 11.5 Å². The Morgan fingerprint density at radius 1 is 1.24 bits per heavy atom. The second kappa shape index (κ2) is 7.11. The number of ether oxygens (including phenoxy) is 2. The van der Waals surface area contributed by atoms with E-state index < -0.39 is 0 Å². The summed E-state index contributed by atoms with van der Waals surface area (Å²) in [6.45, 7) is 5.47. The van der Waals surface area contributed by atoms with E-state index in [-0.39, 0.29) is 5.95 Å². The lowest BCUT2D eigenvalue weighted by atomic mass is 10.2. The molecule has 0 spiro atoms. The fourth-order valence-electron chi connectivity index (χ4n) is 1.72. The summed E-state index contributed by atoms with van der Waals surface area (Å²) in [6.07, 6.45) is 0. The standard InChI is InChI=1S/C12H17BrN6O2/c1-3-20-10-5-8(9(13)6-11(10)21-4-2)7-15-19-12(14)16-17-18-19/h5-6,15H,3-4,7H2,1-2H3,(H2,14,16,18). The van der Waals surface area contributed by atoms with Crippen LogP contribution in [0.25, 0.3) is 0 Å². The maximum atomic E-state index is 5.60. The van der Waals surface area contributed by atoms with Gasteiger partial charge in [-0.2, -0.15) is 0 Å². The quantitative estimate of drug-likeness (QED) is 0.776. The fraction of sp³-hybridized carbons (Fsp3) is 0.417. The van der Waals surface area contributed by atoms with Crippen molar-refractivity contribution in [3.63, 3.8) is 0 Å². The number of benzene rings is 1. The van der Waals surface area contributed by atoms with Gasteiger partial charge >= 0.3 is 0 Å². The summed E-state index contributed by atoms with van der Waals surface area (Å²) in [4.78, 5) is 1.31. The molecule has 21 heavy (non-hydrogen) atoms. The van der Waals surface area contributed by atoms with Gasteiger partial charge in [-0.15, -0.1) is 4.79 Å². The van der Waals surface area contributed by atoms with Gasteiger partial charge in [-0.05, 0) is 42.0 Å². The van der Waals surface area contributed by atoms with Crippen LogP contribution in [0.3, 0.4) is 0 Å². The van der Waals surface area contributed by atoms with Crippen LogP contribution in [0.2, 0.25) is 0 Å². The van der Waals surface area contributed by atoms with E-state index in [4.69, 9.17) is 15.2 Å². The number of rotatable bonds is 7. The third kappa shape index (κ3) is 3.75. The van der Waals surface area contributed by atoms with Crippen LogP contribution in [0.4, 0.5) is 5.95 Å². The number of nitrogens with two attached hydrogens (primary N) is 1. The van der Waals surface area contributed by atoms with Gasteiger partial charge in [0, 0.05) is 4.47 Å². The van der Waals surface area contributed by atoms with E-state index in [1.165, 1.54) is 4.79 Å². The Morgan fingerprint density at radius 3 is 2.48 bits per heavy atom. The van der Waals surface area contributed by atoms with Gasteiger partial charge in [0.15, 0.2) is 11.5 Å². The second-order valence-corrected chi connectivity index (χ2v) is 4.89. The molecule has 0 bridgehead atoms. The van der Waals surface area contributed by atoms with Crippen molar-refractivity contribution in [2.75, 3.05) is 24.4 Å². The third-order valence-electron chi connectivity index (χ3n) is 2.63. The minimum atomic E-state index is 0.196. The van der Waals surface area contributed by atoms with Crippen LogP contribution in [-0.2, 0) is 6.54 Å². The van der Waals surface area contributed by atoms with Gasteiger partial charge in [-0.1, -0.05) is 21.0 Å². The van der Waals surface area contributed by atoms with E-state index in [0.717, 1.165) is 10.0 Å². The molecule has 0 aliphatic carbocycles. The number of halogens is 1. The Kier molecular flexibility index (Phi) is 5.20. The molecule has 1 aromatic heterocycles. The third-order valence-corrected chi connectivity index (χ3v) is 3.36. The summed E-state index contributed by atoms with van der Waals surface area (Å²) in [7, 11) is 0. The van der Waals surface area contributed by atoms with E-state index >= 15 is 0 Å². The van der Waals surface area contributed by atoms with E-state index in [2.05, 4.69) is 36.9 Å². The van der Waals surface area contributed by atoms with Gasteiger partial charge < -0.3 is 20.6 Å². The summed E-state index contributed by atoms with van der Waals surface area (Å²) in [5.74, 6) is 1.60. The van der Waals surface area contributed by atoms with Crippen molar-refractivity contribution in [2.24, 2.45) is 0 Å². The molecule has 0 unspecified atom stereocenters. The van der Waals surface area contributed by atoms with Crippen LogP contribution in [-0.4, -0.2) is 33.5 Å². The number of nitrogens with zero attached hydrogens (tertiary/aromatic N) is 4. The van der Waals surface area contributed by atoms with E-state index in [1.807, 2.05) is 26.0 Å². The van der Waals surface area contributed by atoms with Crippen molar-refractivity contribution in [3.8, 4) is 11.5 Å². The Bertz CT molecular complexity index is 603. The first-order valence-electron chi connectivity index (χ1n) is 6.51. The van der Waals surface area contributed by atoms with Crippen LogP contribution in [0, 0.1) is 0 Å². The predicted octanol–water partition coefficient (Wildman–Crippen LogP) is 1.56. The Morgan fingerprint density at radius 2 is 1.90 bits per heavy atom. The van der Waals surface area contributed by atoms with E-state index in [0.29, 0.717) is 31.3 Å². The fourth-order valence-corrected chi connectivity index (χ4v) is 2.18. The average Bonchev–Trinajstić information content (AvgIpc) is 2.86. The van der Waals surface area contributed by atoms with Crippen LogP contribution < -0.4 is 20.6 Å². The molecule has 0 radical (unpaired) electrons. The summed E-state index contributed by atoms with van der Waals surface area (Å²) in [5.41, 5.74) is 9.56. The number of nitrogens with one attached hydrogen (secondary N) is 1. The zero-order chi connectivity index (χ0) is 15.2. The van der Waals surface area contributed by atoms with Crippen molar-refractivity contribution < 1.29 is 9.47 Å². The molecule has 114 valence electrons. The van der Waals surface area contributed by atoms with Gasteiger partial charge in [0.25, 0.3) is 5.95 Å². The van der Waals surface area contributed by atoms with Crippen LogP contribution in [0.15, 0.2) is 16.6 Å². The highest BCUT2D eigenvalue weighted by Gasteiger charge is 2.11. The maximum Gasteiger partial charge on any atom is 0.260 e. The molecule has 9 heteroatoms. The first kappa shape index (κ1) is 15.4. The average molecular weight is 357 g/mol. The summed E-state index contributed by atoms with van der Waals surface area (Å²) in [5, 5.41) is 10.8. The van der Waals surface area contributed by atoms with Crippen molar-refractivity contribution >= 4 is 21.9 Å². The lowest BCUT2D eigenvalue weighted by Crippen LogP contribution is -2.18. The number of hydrogen-bond acceptors (Lipinski definition) is 7. The summed E-state index contributed by atoms with van der Waals surface area (Å²) >= 11 is 3.52. The molecule has 0 aliphatic heterocycles. The second-order valence-electron chi connectivity index (χ2n) is 4.04. The van der Waals surface area contributed by atoms with E-state index in [1.54, 1.807) is 0 Å². The number of hydrogen-bond donors (Lipinski definition) is 2. The first-order valence-corrected chi connectivity index (χ1v) is 7.30. The highest BCUT2D eigenvalue weighted by atomic mass is 79.9. The zero-order valence-corrected chi connectivity index (χ0v) is 13.4. The molecule has 3 N–H and O–H groups in total. The molecule has 8 nitrogen and oxygen atoms in total. The molecule has 2 aromatic rings. The maximum absolute atomic E-state index is 5.60. The molecule has 1 aromatic carbocycles. The van der Waals surface area contributed by atoms with Crippen molar-refractivity contribution in [2.45, 2.75) is 20.4 Å². The molecule has 0 aliphatic rings. The molecular weight excluding hydrogens is 340 g/mol. The molecule has 1 heterocycles. The highest BCUT2D eigenvalue weighted by molar-refractivity contribution is 9.10. The topological polar surface area (TPSA) is 100 Å². The molecule has 0 amide bonds. The molecule has 0 saturated carbocycles. The largest absolute Gasteiger partial charge is 0.490 e. The monoisotopic (exact) mass is 356 g/mol. The molecule has 0 atom stereocenters. The van der Waals surface area contributed by atoms with Crippen LogP contribution in [0.1, 0.15) is 19.4 Å². The van der Waals surface area contributed by atoms with E-state index in [9.17, 15) is 0 Å². The van der Waals surface area contributed by atoms with Crippen molar-refractivity contribution in [3.05, 3.63) is 22.2 Å². The molecule has 0 saturated heterocycles. The Hall–Kier alpha value is -2.03. The van der Waals surface area contributed by atoms with Gasteiger partial charge in [0.05, 0.1) is 19.8 Å². The first-order chi connectivity index (χ1) is 10.2. The minimum absolute atomic E-state index is 0.196. The number of anilines is 1. The molecule has 2 rings (SSSR count). The lowest BCUT2D eigenvalue weighted by Gasteiger charge is -2.14. The van der Waals surface area contributed by atoms with Crippen molar-refractivity contribution in [1.29, 1.82) is 0 Å². The Balaban J connectivity index is 2.18. The minimum Gasteiger partial charge on any atom is -0.490 e. The number of aromatic nitrogens is 4. The smallest absolute Gasteiger partial charge is 0.260 e. The lowest BCUT2D eigenvalue weighted by molar-refractivity contribution is 0.287. The van der Waals surface area contributed by atoms with Gasteiger partial charge in [0.2, 0.25) is 0 Å². The highest BCUT2D eigenvalue weighted by Crippen LogP contribution is 2.34. The number of nitrogen functional groups attached to an aromatic ring is 1. The molecular formula is C12H17BrN6O2. The summed E-state index contributed by atoms with van der Waals surface area (Å²) in [6, 6.07) is 3.79. The zero-order valence-electron chi connectivity index (χ0n) is 11.8. The number of tetrazole rings is 1. The van der Waals surface area contributed by atoms with Crippen molar-refractivity contribution in [1.82, 2.24) is 20.3 Å². The Labute approximate surface area is 130 Å². The molecule has 0 fully saturated rings. The van der Waals surface area contributed by atoms with Gasteiger partial charge in [0.1, 0.15) is 0 Å². The summed E-state index contributed by atoms with van der Waals surface area (Å²) < 4.78 is 12.1.